The van der Waals surface area contributed by atoms with Crippen molar-refractivity contribution in [3.05, 3.63) is 44.7 Å². The normalized spacial score (nSPS) is 13.7. The minimum absolute atomic E-state index is 0.0262. The van der Waals surface area contributed by atoms with Crippen LogP contribution < -0.4 is 10.2 Å². The minimum Gasteiger partial charge on any atom is -0.357 e. The van der Waals surface area contributed by atoms with Crippen LogP contribution in [0.1, 0.15) is 28.1 Å². The van der Waals surface area contributed by atoms with Crippen LogP contribution in [0.3, 0.4) is 0 Å². The van der Waals surface area contributed by atoms with Crippen LogP contribution in [-0.4, -0.2) is 48.4 Å². The van der Waals surface area contributed by atoms with E-state index in [1.54, 1.807) is 19.3 Å². The van der Waals surface area contributed by atoms with Gasteiger partial charge in [0, 0.05) is 32.9 Å². The number of rotatable bonds is 6. The molecule has 1 saturated heterocycles. The van der Waals surface area contributed by atoms with Gasteiger partial charge in [-0.1, -0.05) is 0 Å². The second kappa shape index (κ2) is 8.64. The molecule has 3 rings (SSSR count). The molecule has 1 fully saturated rings. The van der Waals surface area contributed by atoms with E-state index in [0.717, 1.165) is 28.3 Å². The second-order valence-corrected chi connectivity index (χ2v) is 8.72. The van der Waals surface area contributed by atoms with Crippen LogP contribution in [0.2, 0.25) is 0 Å². The quantitative estimate of drug-likeness (QED) is 0.755. The van der Waals surface area contributed by atoms with E-state index in [1.807, 2.05) is 18.2 Å². The Morgan fingerprint density at radius 3 is 2.77 bits per heavy atom. The fourth-order valence-electron chi connectivity index (χ4n) is 2.85. The average Bonchev–Trinajstić information content (AvgIpc) is 3.31. The number of halogens is 1. The van der Waals surface area contributed by atoms with Crippen molar-refractivity contribution in [2.24, 2.45) is 0 Å². The van der Waals surface area contributed by atoms with Gasteiger partial charge in [-0.05, 0) is 58.6 Å². The fourth-order valence-corrected chi connectivity index (χ4v) is 4.23. The Bertz CT molecular complexity index is 789. The number of carbonyl (C=O) groups is 2. The number of carbonyl (C=O) groups excluding carboxylic acids is 2. The number of hydrogen-bond donors (Lipinski definition) is 1. The van der Waals surface area contributed by atoms with Crippen LogP contribution in [0.5, 0.6) is 0 Å². The molecule has 26 heavy (non-hydrogen) atoms. The summed E-state index contributed by atoms with van der Waals surface area (Å²) in [5.74, 6) is 0.622. The molecule has 0 spiro atoms. The van der Waals surface area contributed by atoms with Crippen LogP contribution in [-0.2, 0) is 11.3 Å². The summed E-state index contributed by atoms with van der Waals surface area (Å²) in [4.78, 5) is 33.2. The van der Waals surface area contributed by atoms with Gasteiger partial charge in [0.2, 0.25) is 5.91 Å². The molecule has 2 amide bonds. The highest BCUT2D eigenvalue weighted by Crippen LogP contribution is 2.23. The van der Waals surface area contributed by atoms with E-state index in [-0.39, 0.29) is 18.4 Å². The summed E-state index contributed by atoms with van der Waals surface area (Å²) in [5, 5.41) is 2.87. The van der Waals surface area contributed by atoms with Crippen molar-refractivity contribution in [1.82, 2.24) is 15.2 Å². The first-order chi connectivity index (χ1) is 12.5. The first-order valence-electron chi connectivity index (χ1n) is 8.50. The van der Waals surface area contributed by atoms with Crippen LogP contribution in [0.25, 0.3) is 0 Å². The highest BCUT2D eigenvalue weighted by molar-refractivity contribution is 9.11. The van der Waals surface area contributed by atoms with Gasteiger partial charge in [-0.2, -0.15) is 0 Å². The molecule has 1 aliphatic heterocycles. The third-order valence-electron chi connectivity index (χ3n) is 4.24. The van der Waals surface area contributed by atoms with E-state index in [1.165, 1.54) is 29.1 Å². The van der Waals surface area contributed by atoms with E-state index in [4.69, 9.17) is 0 Å². The zero-order valence-electron chi connectivity index (χ0n) is 14.6. The summed E-state index contributed by atoms with van der Waals surface area (Å²) in [6.45, 7) is 2.52. The fraction of sp³-hybridized carbons (Fsp3) is 0.389. The molecule has 8 heteroatoms. The van der Waals surface area contributed by atoms with Crippen LogP contribution in [0.4, 0.5) is 5.82 Å². The third-order valence-corrected chi connectivity index (χ3v) is 5.85. The molecule has 1 aliphatic rings. The lowest BCUT2D eigenvalue weighted by Crippen LogP contribution is -2.37. The van der Waals surface area contributed by atoms with Gasteiger partial charge in [0.15, 0.2) is 0 Å². The lowest BCUT2D eigenvalue weighted by molar-refractivity contribution is -0.121. The summed E-state index contributed by atoms with van der Waals surface area (Å²) in [5.41, 5.74) is 1.01. The van der Waals surface area contributed by atoms with E-state index >= 15 is 0 Å². The monoisotopic (exact) mass is 436 g/mol. The van der Waals surface area contributed by atoms with Gasteiger partial charge >= 0.3 is 0 Å². The standard InChI is InChI=1S/C18H21BrN4O2S/c1-22(18(25)14-4-5-15(19)26-14)12-17(24)21-11-13-6-7-20-16(10-13)23-8-2-3-9-23/h4-7,10H,2-3,8-9,11-12H2,1H3,(H,21,24). The number of pyridine rings is 1. The van der Waals surface area contributed by atoms with Crippen molar-refractivity contribution in [3.63, 3.8) is 0 Å². The molecule has 0 saturated carbocycles. The number of nitrogens with zero attached hydrogens (tertiary/aromatic N) is 3. The molecule has 1 N–H and O–H groups in total. The predicted molar refractivity (Wildman–Crippen MR) is 107 cm³/mol. The SMILES string of the molecule is CN(CC(=O)NCc1ccnc(N2CCCC2)c1)C(=O)c1ccc(Br)s1. The maximum Gasteiger partial charge on any atom is 0.264 e. The first-order valence-corrected chi connectivity index (χ1v) is 10.1. The number of hydrogen-bond acceptors (Lipinski definition) is 5. The molecular weight excluding hydrogens is 416 g/mol. The zero-order valence-corrected chi connectivity index (χ0v) is 17.0. The van der Waals surface area contributed by atoms with E-state index in [2.05, 4.69) is 31.1 Å². The Morgan fingerprint density at radius 2 is 2.08 bits per heavy atom. The third kappa shape index (κ3) is 4.82. The van der Waals surface area contributed by atoms with Crippen molar-refractivity contribution in [1.29, 1.82) is 0 Å². The molecular formula is C18H21BrN4O2S. The molecule has 0 unspecified atom stereocenters. The van der Waals surface area contributed by atoms with Crippen LogP contribution in [0, 0.1) is 0 Å². The Hall–Kier alpha value is -1.93. The summed E-state index contributed by atoms with van der Waals surface area (Å²) in [6, 6.07) is 7.50. The molecule has 3 heterocycles. The highest BCUT2D eigenvalue weighted by Gasteiger charge is 2.17. The van der Waals surface area contributed by atoms with Crippen molar-refractivity contribution in [2.75, 3.05) is 31.6 Å². The van der Waals surface area contributed by atoms with Gasteiger partial charge in [-0.15, -0.1) is 11.3 Å². The summed E-state index contributed by atoms with van der Waals surface area (Å²) in [6.07, 6.45) is 4.17. The second-order valence-electron chi connectivity index (χ2n) is 6.26. The van der Waals surface area contributed by atoms with Crippen molar-refractivity contribution < 1.29 is 9.59 Å². The summed E-state index contributed by atoms with van der Waals surface area (Å²) in [7, 11) is 1.63. The summed E-state index contributed by atoms with van der Waals surface area (Å²) < 4.78 is 0.894. The molecule has 0 radical (unpaired) electrons. The van der Waals surface area contributed by atoms with Crippen molar-refractivity contribution in [3.8, 4) is 0 Å². The maximum absolute atomic E-state index is 12.3. The maximum atomic E-state index is 12.3. The lowest BCUT2D eigenvalue weighted by atomic mass is 10.2. The number of anilines is 1. The Balaban J connectivity index is 1.50. The highest BCUT2D eigenvalue weighted by atomic mass is 79.9. The molecule has 138 valence electrons. The van der Waals surface area contributed by atoms with Crippen LogP contribution >= 0.6 is 27.3 Å². The van der Waals surface area contributed by atoms with Crippen molar-refractivity contribution in [2.45, 2.75) is 19.4 Å². The smallest absolute Gasteiger partial charge is 0.264 e. The van der Waals surface area contributed by atoms with E-state index in [9.17, 15) is 9.59 Å². The Labute approximate surface area is 165 Å². The average molecular weight is 437 g/mol. The number of likely N-dealkylation sites (N-methyl/N-ethyl adjacent to an activating group) is 1. The van der Waals surface area contributed by atoms with Gasteiger partial charge in [0.1, 0.15) is 5.82 Å². The van der Waals surface area contributed by atoms with Gasteiger partial charge in [0.25, 0.3) is 5.91 Å². The number of thiophene rings is 1. The first kappa shape index (κ1) is 18.8. The number of amides is 2. The van der Waals surface area contributed by atoms with Gasteiger partial charge in [0.05, 0.1) is 15.2 Å². The van der Waals surface area contributed by atoms with Crippen LogP contribution in [0.15, 0.2) is 34.2 Å². The lowest BCUT2D eigenvalue weighted by Gasteiger charge is -2.18. The van der Waals surface area contributed by atoms with Gasteiger partial charge in [-0.3, -0.25) is 9.59 Å². The van der Waals surface area contributed by atoms with Gasteiger partial charge < -0.3 is 15.1 Å². The van der Waals surface area contributed by atoms with E-state index in [0.29, 0.717) is 11.4 Å². The molecule has 0 bridgehead atoms. The number of aromatic nitrogens is 1. The topological polar surface area (TPSA) is 65.5 Å². The Kier molecular flexibility index (Phi) is 6.26. The molecule has 6 nitrogen and oxygen atoms in total. The largest absolute Gasteiger partial charge is 0.357 e. The predicted octanol–water partition coefficient (Wildman–Crippen LogP) is 2.89. The number of nitrogens with one attached hydrogen (secondary N) is 1. The van der Waals surface area contributed by atoms with Gasteiger partial charge in [-0.25, -0.2) is 4.98 Å². The summed E-state index contributed by atoms with van der Waals surface area (Å²) >= 11 is 4.70. The molecule has 2 aromatic heterocycles. The molecule has 2 aromatic rings. The molecule has 0 aliphatic carbocycles. The molecule has 0 atom stereocenters. The van der Waals surface area contributed by atoms with E-state index < -0.39 is 0 Å². The molecule has 0 aromatic carbocycles. The van der Waals surface area contributed by atoms with Crippen molar-refractivity contribution >= 4 is 44.9 Å². The zero-order chi connectivity index (χ0) is 18.5. The Morgan fingerprint density at radius 1 is 1.31 bits per heavy atom. The minimum atomic E-state index is -0.184.